The van der Waals surface area contributed by atoms with E-state index in [1.165, 1.54) is 20.0 Å². The van der Waals surface area contributed by atoms with E-state index in [1.54, 1.807) is 9.25 Å². The molecule has 1 fully saturated rings. The van der Waals surface area contributed by atoms with Crippen LogP contribution in [0, 0.1) is 18.8 Å². The van der Waals surface area contributed by atoms with E-state index in [2.05, 4.69) is 10.4 Å². The molecule has 2 aromatic rings. The van der Waals surface area contributed by atoms with Crippen LogP contribution in [0.1, 0.15) is 37.6 Å². The molecular formula is C21H31ClN4O3. The molecule has 1 aromatic heterocycles. The highest BCUT2D eigenvalue weighted by Crippen LogP contribution is 2.17. The maximum absolute atomic E-state index is 12.8. The minimum Gasteiger partial charge on any atom is -0.469 e. The topological polar surface area (TPSA) is 78.2 Å². The Morgan fingerprint density at radius 1 is 1.28 bits per heavy atom. The molecule has 1 saturated heterocycles. The first kappa shape index (κ1) is 23.2. The minimum atomic E-state index is -0.217. The van der Waals surface area contributed by atoms with Crippen molar-refractivity contribution in [2.75, 3.05) is 20.2 Å². The Balaban J connectivity index is 0.00000300. The SMILES string of the molecule is COC(=O)C(C)Cc1ccc(-n2c(C)nn(CCC3CCNCC3)c2=O)cc1.Cl. The third kappa shape index (κ3) is 5.70. The maximum atomic E-state index is 12.8. The van der Waals surface area contributed by atoms with Gasteiger partial charge in [-0.05, 0) is 69.3 Å². The molecule has 0 saturated carbocycles. The fourth-order valence-corrected chi connectivity index (χ4v) is 3.85. The van der Waals surface area contributed by atoms with Gasteiger partial charge < -0.3 is 10.1 Å². The van der Waals surface area contributed by atoms with Gasteiger partial charge in [0.1, 0.15) is 5.82 Å². The van der Waals surface area contributed by atoms with Crippen molar-refractivity contribution in [3.63, 3.8) is 0 Å². The first-order valence-electron chi connectivity index (χ1n) is 10.0. The molecule has 1 aliphatic rings. The molecule has 1 aliphatic heterocycles. The fourth-order valence-electron chi connectivity index (χ4n) is 3.85. The Morgan fingerprint density at radius 2 is 1.93 bits per heavy atom. The van der Waals surface area contributed by atoms with E-state index in [4.69, 9.17) is 4.74 Å². The van der Waals surface area contributed by atoms with Crippen molar-refractivity contribution in [2.45, 2.75) is 46.1 Å². The smallest absolute Gasteiger partial charge is 0.350 e. The van der Waals surface area contributed by atoms with Crippen molar-refractivity contribution in [3.05, 3.63) is 46.1 Å². The maximum Gasteiger partial charge on any atom is 0.350 e. The van der Waals surface area contributed by atoms with Gasteiger partial charge in [0.15, 0.2) is 0 Å². The first-order chi connectivity index (χ1) is 13.5. The van der Waals surface area contributed by atoms with Crippen LogP contribution in [0.2, 0.25) is 0 Å². The number of esters is 1. The lowest BCUT2D eigenvalue weighted by Crippen LogP contribution is -2.30. The monoisotopic (exact) mass is 422 g/mol. The van der Waals surface area contributed by atoms with Crippen LogP contribution in [-0.2, 0) is 22.5 Å². The summed E-state index contributed by atoms with van der Waals surface area (Å²) in [6, 6.07) is 7.72. The molecule has 0 amide bonds. The van der Waals surface area contributed by atoms with E-state index in [9.17, 15) is 9.59 Å². The average Bonchev–Trinajstić information content (AvgIpc) is 3.00. The highest BCUT2D eigenvalue weighted by atomic mass is 35.5. The van der Waals surface area contributed by atoms with Crippen molar-refractivity contribution in [3.8, 4) is 5.69 Å². The molecule has 1 N–H and O–H groups in total. The molecule has 3 rings (SSSR count). The van der Waals surface area contributed by atoms with Gasteiger partial charge in [-0.1, -0.05) is 19.1 Å². The largest absolute Gasteiger partial charge is 0.469 e. The molecular weight excluding hydrogens is 392 g/mol. The molecule has 160 valence electrons. The summed E-state index contributed by atoms with van der Waals surface area (Å²) in [6.45, 7) is 6.49. The number of methoxy groups -OCH3 is 1. The summed E-state index contributed by atoms with van der Waals surface area (Å²) in [6.07, 6.45) is 3.93. The lowest BCUT2D eigenvalue weighted by Gasteiger charge is -2.22. The highest BCUT2D eigenvalue weighted by Gasteiger charge is 2.17. The number of aromatic nitrogens is 3. The van der Waals surface area contributed by atoms with Gasteiger partial charge in [-0.25, -0.2) is 14.0 Å². The minimum absolute atomic E-state index is 0. The number of nitrogens with zero attached hydrogens (tertiary/aromatic N) is 3. The Bertz CT molecular complexity index is 854. The van der Waals surface area contributed by atoms with Crippen molar-refractivity contribution in [2.24, 2.45) is 11.8 Å². The summed E-state index contributed by atoms with van der Waals surface area (Å²) in [5, 5.41) is 7.84. The van der Waals surface area contributed by atoms with Crippen LogP contribution in [0.15, 0.2) is 29.1 Å². The van der Waals surface area contributed by atoms with Crippen LogP contribution >= 0.6 is 12.4 Å². The number of hydrogen-bond donors (Lipinski definition) is 1. The molecule has 0 radical (unpaired) electrons. The summed E-state index contributed by atoms with van der Waals surface area (Å²) >= 11 is 0. The van der Waals surface area contributed by atoms with Crippen molar-refractivity contribution < 1.29 is 9.53 Å². The lowest BCUT2D eigenvalue weighted by atomic mass is 9.95. The zero-order chi connectivity index (χ0) is 20.1. The van der Waals surface area contributed by atoms with Crippen LogP contribution in [0.4, 0.5) is 0 Å². The summed E-state index contributed by atoms with van der Waals surface area (Å²) in [5.41, 5.74) is 1.73. The summed E-state index contributed by atoms with van der Waals surface area (Å²) in [5.74, 6) is 0.935. The van der Waals surface area contributed by atoms with Crippen LogP contribution in [-0.4, -0.2) is 40.5 Å². The predicted molar refractivity (Wildman–Crippen MR) is 115 cm³/mol. The number of rotatable bonds is 7. The van der Waals surface area contributed by atoms with Gasteiger partial charge in [-0.15, -0.1) is 12.4 Å². The molecule has 2 heterocycles. The molecule has 7 nitrogen and oxygen atoms in total. The molecule has 0 aliphatic carbocycles. The standard InChI is InChI=1S/C21H30N4O3.ClH/c1-15(20(26)28-3)14-18-4-6-19(7-5-18)25-16(2)23-24(21(25)27)13-10-17-8-11-22-12-9-17;/h4-7,15,17,22H,8-14H2,1-3H3;1H. The Morgan fingerprint density at radius 3 is 2.55 bits per heavy atom. The Hall–Kier alpha value is -2.12. The molecule has 1 aromatic carbocycles. The predicted octanol–water partition coefficient (Wildman–Crippen LogP) is 2.51. The first-order valence-corrected chi connectivity index (χ1v) is 10.0. The van der Waals surface area contributed by atoms with Crippen LogP contribution in [0.25, 0.3) is 5.69 Å². The number of ether oxygens (including phenoxy) is 1. The second-order valence-corrected chi connectivity index (χ2v) is 7.67. The van der Waals surface area contributed by atoms with Crippen LogP contribution in [0.5, 0.6) is 0 Å². The number of piperidine rings is 1. The molecule has 0 spiro atoms. The number of carbonyl (C=O) groups excluding carboxylic acids is 1. The third-order valence-corrected chi connectivity index (χ3v) is 5.55. The van der Waals surface area contributed by atoms with Gasteiger partial charge in [0.2, 0.25) is 0 Å². The zero-order valence-electron chi connectivity index (χ0n) is 17.4. The van der Waals surface area contributed by atoms with Gasteiger partial charge in [0, 0.05) is 6.54 Å². The highest BCUT2D eigenvalue weighted by molar-refractivity contribution is 5.85. The second-order valence-electron chi connectivity index (χ2n) is 7.67. The lowest BCUT2D eigenvalue weighted by molar-refractivity contribution is -0.144. The summed E-state index contributed by atoms with van der Waals surface area (Å²) in [7, 11) is 1.40. The number of nitrogens with one attached hydrogen (secondary N) is 1. The second kappa shape index (κ2) is 10.6. The number of carbonyl (C=O) groups is 1. The molecule has 1 unspecified atom stereocenters. The molecule has 0 bridgehead atoms. The zero-order valence-corrected chi connectivity index (χ0v) is 18.2. The van der Waals surface area contributed by atoms with E-state index < -0.39 is 0 Å². The normalized spacial score (nSPS) is 15.6. The number of aryl methyl sites for hydroxylation is 2. The van der Waals surface area contributed by atoms with Gasteiger partial charge >= 0.3 is 11.7 Å². The van der Waals surface area contributed by atoms with Crippen molar-refractivity contribution in [1.82, 2.24) is 19.7 Å². The average molecular weight is 423 g/mol. The Kier molecular flexibility index (Phi) is 8.46. The number of benzene rings is 1. The van der Waals surface area contributed by atoms with Gasteiger partial charge in [-0.2, -0.15) is 5.10 Å². The van der Waals surface area contributed by atoms with E-state index in [-0.39, 0.29) is 30.0 Å². The van der Waals surface area contributed by atoms with Crippen molar-refractivity contribution >= 4 is 18.4 Å². The van der Waals surface area contributed by atoms with Gasteiger partial charge in [0.25, 0.3) is 0 Å². The number of hydrogen-bond acceptors (Lipinski definition) is 5. The van der Waals surface area contributed by atoms with E-state index in [1.807, 2.05) is 38.1 Å². The third-order valence-electron chi connectivity index (χ3n) is 5.55. The molecule has 1 atom stereocenters. The van der Waals surface area contributed by atoms with E-state index >= 15 is 0 Å². The summed E-state index contributed by atoms with van der Waals surface area (Å²) < 4.78 is 8.02. The quantitative estimate of drug-likeness (QED) is 0.693. The molecule has 29 heavy (non-hydrogen) atoms. The fraction of sp³-hybridized carbons (Fsp3) is 0.571. The van der Waals surface area contributed by atoms with Gasteiger partial charge in [-0.3, -0.25) is 4.79 Å². The van der Waals surface area contributed by atoms with Crippen LogP contribution in [0.3, 0.4) is 0 Å². The van der Waals surface area contributed by atoms with E-state index in [0.717, 1.165) is 30.8 Å². The Labute approximate surface area is 177 Å². The molecule has 8 heteroatoms. The van der Waals surface area contributed by atoms with E-state index in [0.29, 0.717) is 24.7 Å². The number of halogens is 1. The van der Waals surface area contributed by atoms with Crippen LogP contribution < -0.4 is 11.0 Å². The van der Waals surface area contributed by atoms with Gasteiger partial charge in [0.05, 0.1) is 18.7 Å². The van der Waals surface area contributed by atoms with Crippen molar-refractivity contribution in [1.29, 1.82) is 0 Å². The summed E-state index contributed by atoms with van der Waals surface area (Å²) in [4.78, 5) is 24.4.